The van der Waals surface area contributed by atoms with Gasteiger partial charge < -0.3 is 9.52 Å². The number of aromatic carboxylic acids is 1. The highest BCUT2D eigenvalue weighted by Gasteiger charge is 2.12. The van der Waals surface area contributed by atoms with E-state index < -0.39 is 5.97 Å². The van der Waals surface area contributed by atoms with Gasteiger partial charge in [-0.15, -0.1) is 0 Å². The number of oxazole rings is 1. The number of nitrogens with zero attached hydrogens (tertiary/aromatic N) is 2. The first-order chi connectivity index (χ1) is 6.16. The molecule has 0 spiro atoms. The van der Waals surface area contributed by atoms with Gasteiger partial charge in [0.15, 0.2) is 11.2 Å². The van der Waals surface area contributed by atoms with Crippen LogP contribution >= 0.6 is 15.9 Å². The van der Waals surface area contributed by atoms with Crippen LogP contribution in [-0.4, -0.2) is 21.0 Å². The van der Waals surface area contributed by atoms with E-state index in [0.717, 1.165) is 0 Å². The van der Waals surface area contributed by atoms with Crippen molar-refractivity contribution in [1.29, 1.82) is 0 Å². The molecular formula is C7H3BrN2O3. The number of halogens is 1. The molecule has 1 N–H and O–H groups in total. The van der Waals surface area contributed by atoms with Crippen molar-refractivity contribution in [2.24, 2.45) is 0 Å². The largest absolute Gasteiger partial charge is 0.474 e. The van der Waals surface area contributed by atoms with Gasteiger partial charge in [-0.2, -0.15) is 4.98 Å². The Morgan fingerprint density at radius 3 is 2.92 bits per heavy atom. The van der Waals surface area contributed by atoms with Gasteiger partial charge in [-0.3, -0.25) is 0 Å². The van der Waals surface area contributed by atoms with E-state index >= 15 is 0 Å². The fraction of sp³-hybridized carbons (Fsp3) is 0. The predicted molar refractivity (Wildman–Crippen MR) is 46.5 cm³/mol. The van der Waals surface area contributed by atoms with Crippen LogP contribution in [0.3, 0.4) is 0 Å². The lowest BCUT2D eigenvalue weighted by atomic mass is 10.5. The standard InChI is InChI=1S/C7H3BrN2O3/c8-4-2-1-3-5(9-4)10-6(13-3)7(11)12/h1-2H,(H,11,12). The van der Waals surface area contributed by atoms with Gasteiger partial charge in [-0.25, -0.2) is 9.78 Å². The summed E-state index contributed by atoms with van der Waals surface area (Å²) >= 11 is 3.14. The fourth-order valence-electron chi connectivity index (χ4n) is 0.887. The summed E-state index contributed by atoms with van der Waals surface area (Å²) in [5.74, 6) is -1.55. The molecule has 0 unspecified atom stereocenters. The number of rotatable bonds is 1. The molecule has 2 aromatic rings. The van der Waals surface area contributed by atoms with Gasteiger partial charge >= 0.3 is 11.9 Å². The van der Waals surface area contributed by atoms with Crippen molar-refractivity contribution in [3.63, 3.8) is 0 Å². The monoisotopic (exact) mass is 242 g/mol. The number of pyridine rings is 1. The molecule has 2 heterocycles. The quantitative estimate of drug-likeness (QED) is 0.771. The molecule has 66 valence electrons. The molecule has 0 bridgehead atoms. The topological polar surface area (TPSA) is 76.2 Å². The maximum Gasteiger partial charge on any atom is 0.392 e. The molecule has 0 aliphatic carbocycles. The number of carboxylic acids is 1. The normalized spacial score (nSPS) is 10.5. The van der Waals surface area contributed by atoms with Crippen LogP contribution in [0.25, 0.3) is 11.2 Å². The third-order valence-corrected chi connectivity index (χ3v) is 1.84. The molecule has 6 heteroatoms. The summed E-state index contributed by atoms with van der Waals surface area (Å²) < 4.78 is 5.48. The molecule has 2 rings (SSSR count). The van der Waals surface area contributed by atoms with Crippen LogP contribution < -0.4 is 0 Å². The highest BCUT2D eigenvalue weighted by Crippen LogP contribution is 2.16. The van der Waals surface area contributed by atoms with Gasteiger partial charge in [0.2, 0.25) is 0 Å². The van der Waals surface area contributed by atoms with Gasteiger partial charge in [0.25, 0.3) is 0 Å². The number of fused-ring (bicyclic) bond motifs is 1. The number of aromatic nitrogens is 2. The summed E-state index contributed by atoms with van der Waals surface area (Å²) in [6.07, 6.45) is 0. The Kier molecular flexibility index (Phi) is 1.77. The zero-order chi connectivity index (χ0) is 9.42. The van der Waals surface area contributed by atoms with Crippen molar-refractivity contribution >= 4 is 33.1 Å². The molecule has 0 aliphatic rings. The summed E-state index contributed by atoms with van der Waals surface area (Å²) in [5, 5.41) is 8.56. The lowest BCUT2D eigenvalue weighted by molar-refractivity contribution is 0.0656. The molecule has 5 nitrogen and oxygen atoms in total. The Morgan fingerprint density at radius 2 is 2.23 bits per heavy atom. The minimum absolute atomic E-state index is 0.284. The summed E-state index contributed by atoms with van der Waals surface area (Å²) in [5.41, 5.74) is 0.646. The fourth-order valence-corrected chi connectivity index (χ4v) is 1.19. The van der Waals surface area contributed by atoms with Gasteiger partial charge in [-0.1, -0.05) is 0 Å². The summed E-state index contributed by atoms with van der Waals surface area (Å²) in [4.78, 5) is 18.1. The predicted octanol–water partition coefficient (Wildman–Crippen LogP) is 1.68. The molecule has 13 heavy (non-hydrogen) atoms. The lowest BCUT2D eigenvalue weighted by Gasteiger charge is -1.85. The van der Waals surface area contributed by atoms with Crippen molar-refractivity contribution in [3.8, 4) is 0 Å². The van der Waals surface area contributed by atoms with E-state index in [4.69, 9.17) is 9.52 Å². The SMILES string of the molecule is O=C(O)c1nc2nc(Br)ccc2o1. The number of carboxylic acid groups (broad SMARTS) is 1. The molecule has 0 atom stereocenters. The average molecular weight is 243 g/mol. The highest BCUT2D eigenvalue weighted by atomic mass is 79.9. The van der Waals surface area contributed by atoms with Gasteiger partial charge in [0.1, 0.15) is 4.60 Å². The second-order valence-electron chi connectivity index (χ2n) is 2.28. The first-order valence-electron chi connectivity index (χ1n) is 3.33. The molecule has 0 radical (unpaired) electrons. The zero-order valence-electron chi connectivity index (χ0n) is 6.19. The maximum absolute atomic E-state index is 10.5. The second kappa shape index (κ2) is 2.81. The number of hydrogen-bond acceptors (Lipinski definition) is 4. The Morgan fingerprint density at radius 1 is 1.46 bits per heavy atom. The van der Waals surface area contributed by atoms with Crippen molar-refractivity contribution in [3.05, 3.63) is 22.6 Å². The molecule has 0 saturated heterocycles. The van der Waals surface area contributed by atoms with Crippen molar-refractivity contribution < 1.29 is 14.3 Å². The third-order valence-electron chi connectivity index (χ3n) is 1.40. The van der Waals surface area contributed by atoms with Gasteiger partial charge in [0, 0.05) is 0 Å². The molecule has 0 fully saturated rings. The molecule has 0 amide bonds. The summed E-state index contributed by atoms with van der Waals surface area (Å²) in [7, 11) is 0. The van der Waals surface area contributed by atoms with E-state index in [0.29, 0.717) is 10.2 Å². The molecular weight excluding hydrogens is 240 g/mol. The highest BCUT2D eigenvalue weighted by molar-refractivity contribution is 9.10. The van der Waals surface area contributed by atoms with Gasteiger partial charge in [-0.05, 0) is 28.1 Å². The maximum atomic E-state index is 10.5. The van der Waals surface area contributed by atoms with Crippen molar-refractivity contribution in [2.45, 2.75) is 0 Å². The number of carbonyl (C=O) groups is 1. The van der Waals surface area contributed by atoms with E-state index in [1.807, 2.05) is 0 Å². The number of hydrogen-bond donors (Lipinski definition) is 1. The van der Waals surface area contributed by atoms with Crippen LogP contribution in [0.5, 0.6) is 0 Å². The Balaban J connectivity index is 2.68. The minimum Gasteiger partial charge on any atom is -0.474 e. The molecule has 0 aromatic carbocycles. The summed E-state index contributed by atoms with van der Waals surface area (Å²) in [6.45, 7) is 0. The first-order valence-corrected chi connectivity index (χ1v) is 4.12. The smallest absolute Gasteiger partial charge is 0.392 e. The van der Waals surface area contributed by atoms with Gasteiger partial charge in [0.05, 0.1) is 0 Å². The van der Waals surface area contributed by atoms with Crippen LogP contribution in [0.4, 0.5) is 0 Å². The van der Waals surface area contributed by atoms with E-state index in [2.05, 4.69) is 25.9 Å². The average Bonchev–Trinajstić information content (AvgIpc) is 2.46. The van der Waals surface area contributed by atoms with E-state index in [9.17, 15) is 4.79 Å². The van der Waals surface area contributed by atoms with Crippen molar-refractivity contribution in [2.75, 3.05) is 0 Å². The third kappa shape index (κ3) is 1.40. The zero-order valence-corrected chi connectivity index (χ0v) is 7.78. The lowest BCUT2D eigenvalue weighted by Crippen LogP contribution is -1.94. The first kappa shape index (κ1) is 8.18. The molecule has 0 saturated carbocycles. The van der Waals surface area contributed by atoms with Crippen LogP contribution in [-0.2, 0) is 0 Å². The second-order valence-corrected chi connectivity index (χ2v) is 3.09. The van der Waals surface area contributed by atoms with E-state index in [1.165, 1.54) is 0 Å². The van der Waals surface area contributed by atoms with Crippen LogP contribution in [0.15, 0.2) is 21.2 Å². The Hall–Kier alpha value is -1.43. The Bertz CT molecular complexity index is 480. The van der Waals surface area contributed by atoms with E-state index in [-0.39, 0.29) is 11.5 Å². The van der Waals surface area contributed by atoms with Crippen LogP contribution in [0.1, 0.15) is 10.7 Å². The molecule has 0 aliphatic heterocycles. The van der Waals surface area contributed by atoms with Crippen LogP contribution in [0, 0.1) is 0 Å². The Labute approximate surface area is 80.5 Å². The van der Waals surface area contributed by atoms with Crippen LogP contribution in [0.2, 0.25) is 0 Å². The molecule has 2 aromatic heterocycles. The minimum atomic E-state index is -1.20. The van der Waals surface area contributed by atoms with Crippen molar-refractivity contribution in [1.82, 2.24) is 9.97 Å². The summed E-state index contributed by atoms with van der Waals surface area (Å²) in [6, 6.07) is 3.25. The van der Waals surface area contributed by atoms with E-state index in [1.54, 1.807) is 12.1 Å².